The maximum Gasteiger partial charge on any atom is 0.262 e. The van der Waals surface area contributed by atoms with Crippen molar-refractivity contribution < 1.29 is 9.53 Å². The molecule has 0 spiro atoms. The van der Waals surface area contributed by atoms with E-state index in [0.29, 0.717) is 22.0 Å². The minimum Gasteiger partial charge on any atom is -0.483 e. The zero-order valence-electron chi connectivity index (χ0n) is 11.4. The second-order valence-electron chi connectivity index (χ2n) is 4.41. The van der Waals surface area contributed by atoms with Crippen molar-refractivity contribution in [1.82, 2.24) is 0 Å². The van der Waals surface area contributed by atoms with Gasteiger partial charge in [-0.15, -0.1) is 0 Å². The fourth-order valence-corrected chi connectivity index (χ4v) is 1.90. The lowest BCUT2D eigenvalue weighted by molar-refractivity contribution is -0.118. The van der Waals surface area contributed by atoms with Crippen molar-refractivity contribution in [3.63, 3.8) is 0 Å². The molecule has 0 heterocycles. The van der Waals surface area contributed by atoms with E-state index in [0.717, 1.165) is 5.56 Å². The van der Waals surface area contributed by atoms with Crippen LogP contribution in [0.5, 0.6) is 5.75 Å². The molecule has 4 nitrogen and oxygen atoms in total. The molecule has 0 aliphatic rings. The molecule has 0 atom stereocenters. The summed E-state index contributed by atoms with van der Waals surface area (Å²) >= 11 is 5.96. The molecule has 0 radical (unpaired) electrons. The third kappa shape index (κ3) is 3.98. The van der Waals surface area contributed by atoms with E-state index in [-0.39, 0.29) is 12.5 Å². The number of rotatable bonds is 4. The molecule has 2 aromatic rings. The summed E-state index contributed by atoms with van der Waals surface area (Å²) in [4.78, 5) is 11.8. The van der Waals surface area contributed by atoms with Crippen molar-refractivity contribution in [2.24, 2.45) is 0 Å². The summed E-state index contributed by atoms with van der Waals surface area (Å²) in [6.45, 7) is 1.70. The van der Waals surface area contributed by atoms with Crippen LogP contribution in [0.3, 0.4) is 0 Å². The topological polar surface area (TPSA) is 62.1 Å². The van der Waals surface area contributed by atoms with E-state index in [4.69, 9.17) is 21.6 Å². The van der Waals surface area contributed by atoms with Crippen LogP contribution in [0.1, 0.15) is 11.1 Å². The molecular weight excluding hydrogens is 288 g/mol. The summed E-state index contributed by atoms with van der Waals surface area (Å²) in [5.41, 5.74) is 1.89. The molecule has 0 aliphatic heterocycles. The minimum absolute atomic E-state index is 0.152. The van der Waals surface area contributed by atoms with E-state index in [2.05, 4.69) is 5.32 Å². The van der Waals surface area contributed by atoms with Crippen LogP contribution >= 0.6 is 11.6 Å². The van der Waals surface area contributed by atoms with Crippen molar-refractivity contribution in [1.29, 1.82) is 5.26 Å². The van der Waals surface area contributed by atoms with Crippen molar-refractivity contribution in [3.8, 4) is 11.8 Å². The van der Waals surface area contributed by atoms with Crippen LogP contribution in [0.15, 0.2) is 42.5 Å². The number of anilines is 1. The number of ether oxygens (including phenoxy) is 1. The van der Waals surface area contributed by atoms with Crippen molar-refractivity contribution in [3.05, 3.63) is 58.6 Å². The molecule has 0 saturated heterocycles. The highest BCUT2D eigenvalue weighted by molar-refractivity contribution is 6.33. The predicted molar refractivity (Wildman–Crippen MR) is 81.5 cm³/mol. The Kier molecular flexibility index (Phi) is 4.81. The molecule has 2 aromatic carbocycles. The van der Waals surface area contributed by atoms with Gasteiger partial charge in [-0.2, -0.15) is 5.26 Å². The Balaban J connectivity index is 1.99. The highest BCUT2D eigenvalue weighted by Gasteiger charge is 2.08. The molecule has 0 aliphatic carbocycles. The van der Waals surface area contributed by atoms with Gasteiger partial charge in [0, 0.05) is 0 Å². The summed E-state index contributed by atoms with van der Waals surface area (Å²) in [5, 5.41) is 12.0. The van der Waals surface area contributed by atoms with Crippen LogP contribution in [0.25, 0.3) is 0 Å². The van der Waals surface area contributed by atoms with Gasteiger partial charge in [0.25, 0.3) is 5.91 Å². The van der Waals surface area contributed by atoms with E-state index in [1.807, 2.05) is 13.0 Å². The van der Waals surface area contributed by atoms with Gasteiger partial charge >= 0.3 is 0 Å². The van der Waals surface area contributed by atoms with Gasteiger partial charge < -0.3 is 10.1 Å². The highest BCUT2D eigenvalue weighted by Crippen LogP contribution is 2.21. The van der Waals surface area contributed by atoms with Crippen LogP contribution in [0.2, 0.25) is 5.02 Å². The van der Waals surface area contributed by atoms with Gasteiger partial charge in [0.2, 0.25) is 0 Å². The first-order chi connectivity index (χ1) is 10.1. The fourth-order valence-electron chi connectivity index (χ4n) is 1.72. The first kappa shape index (κ1) is 14.9. The number of nitrogens with zero attached hydrogens (tertiary/aromatic N) is 1. The molecule has 2 rings (SSSR count). The molecule has 1 amide bonds. The Morgan fingerprint density at radius 2 is 2.10 bits per heavy atom. The van der Waals surface area contributed by atoms with Gasteiger partial charge in [-0.25, -0.2) is 0 Å². The maximum atomic E-state index is 11.8. The molecule has 0 aromatic heterocycles. The predicted octanol–water partition coefficient (Wildman–Crippen LogP) is 3.54. The van der Waals surface area contributed by atoms with Gasteiger partial charge in [0.05, 0.1) is 22.3 Å². The monoisotopic (exact) mass is 300 g/mol. The Morgan fingerprint density at radius 1 is 1.33 bits per heavy atom. The van der Waals surface area contributed by atoms with E-state index < -0.39 is 0 Å². The summed E-state index contributed by atoms with van der Waals surface area (Å²) in [6, 6.07) is 14.1. The zero-order chi connectivity index (χ0) is 15.2. The number of para-hydroxylation sites is 1. The lowest BCUT2D eigenvalue weighted by atomic mass is 10.1. The number of aryl methyl sites for hydroxylation is 1. The number of carbonyl (C=O) groups is 1. The van der Waals surface area contributed by atoms with Crippen LogP contribution in [-0.4, -0.2) is 12.5 Å². The van der Waals surface area contributed by atoms with Crippen molar-refractivity contribution >= 4 is 23.2 Å². The van der Waals surface area contributed by atoms with E-state index >= 15 is 0 Å². The van der Waals surface area contributed by atoms with Gasteiger partial charge in [-0.1, -0.05) is 29.8 Å². The van der Waals surface area contributed by atoms with Gasteiger partial charge in [0.1, 0.15) is 5.75 Å². The van der Waals surface area contributed by atoms with E-state index in [9.17, 15) is 4.79 Å². The number of halogens is 1. The van der Waals surface area contributed by atoms with Crippen LogP contribution in [0, 0.1) is 18.3 Å². The summed E-state index contributed by atoms with van der Waals surface area (Å²) < 4.78 is 5.45. The minimum atomic E-state index is -0.315. The Hall–Kier alpha value is -2.51. The first-order valence-corrected chi connectivity index (χ1v) is 6.66. The number of hydrogen-bond acceptors (Lipinski definition) is 3. The summed E-state index contributed by atoms with van der Waals surface area (Å²) in [6.07, 6.45) is 0. The Bertz CT molecular complexity index is 708. The van der Waals surface area contributed by atoms with E-state index in [1.165, 1.54) is 0 Å². The molecule has 0 fully saturated rings. The molecule has 1 N–H and O–H groups in total. The summed E-state index contributed by atoms with van der Waals surface area (Å²) in [7, 11) is 0. The average molecular weight is 301 g/mol. The third-order valence-corrected chi connectivity index (χ3v) is 3.15. The fraction of sp³-hybridized carbons (Fsp3) is 0.125. The lowest BCUT2D eigenvalue weighted by Crippen LogP contribution is -2.20. The smallest absolute Gasteiger partial charge is 0.262 e. The number of amides is 1. The number of benzene rings is 2. The molecule has 106 valence electrons. The number of nitriles is 1. The van der Waals surface area contributed by atoms with Crippen LogP contribution in [0.4, 0.5) is 5.69 Å². The molecule has 0 bridgehead atoms. The van der Waals surface area contributed by atoms with Crippen molar-refractivity contribution in [2.45, 2.75) is 6.92 Å². The largest absolute Gasteiger partial charge is 0.483 e. The second kappa shape index (κ2) is 6.78. The zero-order valence-corrected chi connectivity index (χ0v) is 12.1. The van der Waals surface area contributed by atoms with Gasteiger partial charge in [-0.05, 0) is 36.8 Å². The molecule has 0 saturated carbocycles. The van der Waals surface area contributed by atoms with Crippen molar-refractivity contribution in [2.75, 3.05) is 11.9 Å². The number of hydrogen-bond donors (Lipinski definition) is 1. The highest BCUT2D eigenvalue weighted by atomic mass is 35.5. The summed E-state index contributed by atoms with van der Waals surface area (Å²) in [5.74, 6) is 0.202. The molecule has 0 unspecified atom stereocenters. The Labute approximate surface area is 127 Å². The van der Waals surface area contributed by atoms with Gasteiger partial charge in [-0.3, -0.25) is 4.79 Å². The normalized spacial score (nSPS) is 9.76. The molecule has 5 heteroatoms. The molecular formula is C16H13ClN2O2. The van der Waals surface area contributed by atoms with Crippen LogP contribution in [-0.2, 0) is 4.79 Å². The number of carbonyl (C=O) groups excluding carboxylic acids is 1. The van der Waals surface area contributed by atoms with Gasteiger partial charge in [0.15, 0.2) is 6.61 Å². The third-order valence-electron chi connectivity index (χ3n) is 2.82. The standard InChI is InChI=1S/C16H13ClN2O2/c1-11-6-7-12(9-18)8-15(11)21-10-16(20)19-14-5-3-2-4-13(14)17/h2-8H,10H2,1H3,(H,19,20). The number of nitrogens with one attached hydrogen (secondary N) is 1. The molecule has 21 heavy (non-hydrogen) atoms. The first-order valence-electron chi connectivity index (χ1n) is 6.28. The second-order valence-corrected chi connectivity index (χ2v) is 4.82. The maximum absolute atomic E-state index is 11.8. The lowest BCUT2D eigenvalue weighted by Gasteiger charge is -2.10. The van der Waals surface area contributed by atoms with E-state index in [1.54, 1.807) is 42.5 Å². The Morgan fingerprint density at radius 3 is 2.81 bits per heavy atom. The SMILES string of the molecule is Cc1ccc(C#N)cc1OCC(=O)Nc1ccccc1Cl. The van der Waals surface area contributed by atoms with Crippen LogP contribution < -0.4 is 10.1 Å². The quantitative estimate of drug-likeness (QED) is 0.939. The average Bonchev–Trinajstić information content (AvgIpc) is 2.49.